The van der Waals surface area contributed by atoms with Crippen LogP contribution in [0, 0.1) is 22.7 Å². The van der Waals surface area contributed by atoms with Gasteiger partial charge in [-0.2, -0.15) is 15.1 Å². The van der Waals surface area contributed by atoms with Crippen LogP contribution < -0.4 is 9.47 Å². The van der Waals surface area contributed by atoms with Crippen LogP contribution in [-0.2, 0) is 6.54 Å². The van der Waals surface area contributed by atoms with Gasteiger partial charge in [0.15, 0.2) is 0 Å². The van der Waals surface area contributed by atoms with E-state index < -0.39 is 0 Å². The highest BCUT2D eigenvalue weighted by Crippen LogP contribution is 2.46. The fourth-order valence-corrected chi connectivity index (χ4v) is 6.06. The molecule has 0 fully saturated rings. The van der Waals surface area contributed by atoms with Crippen LogP contribution in [0.3, 0.4) is 0 Å². The fraction of sp³-hybridized carbons (Fsp3) is 0.148. The molecule has 2 aromatic carbocycles. The van der Waals surface area contributed by atoms with E-state index in [1.54, 1.807) is 23.1 Å². The second kappa shape index (κ2) is 10.4. The second-order valence-corrected chi connectivity index (χ2v) is 9.40. The van der Waals surface area contributed by atoms with E-state index >= 15 is 0 Å². The van der Waals surface area contributed by atoms with Gasteiger partial charge in [-0.25, -0.2) is 0 Å². The lowest BCUT2D eigenvalue weighted by Crippen LogP contribution is -2.33. The van der Waals surface area contributed by atoms with Gasteiger partial charge in [0.05, 0.1) is 22.9 Å². The van der Waals surface area contributed by atoms with Crippen LogP contribution >= 0.6 is 23.1 Å². The maximum atomic E-state index is 8.80. The monoisotopic (exact) mass is 467 g/mol. The molecule has 1 aliphatic rings. The van der Waals surface area contributed by atoms with Crippen LogP contribution in [-0.4, -0.2) is 6.54 Å². The number of hydrogen-bond acceptors (Lipinski definition) is 5. The number of aryl methyl sites for hydroxylation is 1. The predicted octanol–water partition coefficient (Wildman–Crippen LogP) is 6.77. The van der Waals surface area contributed by atoms with Gasteiger partial charge in [-0.15, -0.1) is 0 Å². The molecule has 0 amide bonds. The van der Waals surface area contributed by atoms with Gasteiger partial charge in [-0.3, -0.25) is 0 Å². The number of fused-ring (bicyclic) bond motifs is 2. The van der Waals surface area contributed by atoms with E-state index in [4.69, 9.17) is 10.5 Å². The molecule has 0 spiro atoms. The Morgan fingerprint density at radius 1 is 0.970 bits per heavy atom. The summed E-state index contributed by atoms with van der Waals surface area (Å²) in [5.74, 6) is 0. The molecule has 1 aromatic heterocycles. The third kappa shape index (κ3) is 4.78. The Balaban J connectivity index is 1.62. The Labute approximate surface area is 202 Å². The summed E-state index contributed by atoms with van der Waals surface area (Å²) in [4.78, 5) is 3.54. The van der Waals surface area contributed by atoms with Crippen molar-refractivity contribution in [2.75, 3.05) is 11.4 Å². The number of benzene rings is 2. The van der Waals surface area contributed by atoms with Crippen molar-refractivity contribution in [2.45, 2.75) is 25.3 Å². The number of rotatable bonds is 6. The molecule has 0 unspecified atom stereocenters. The highest BCUT2D eigenvalue weighted by Gasteiger charge is 2.23. The Hall–Kier alpha value is -3.58. The topological polar surface area (TPSA) is 54.7 Å². The minimum atomic E-state index is 0.877. The van der Waals surface area contributed by atoms with Crippen molar-refractivity contribution in [3.63, 3.8) is 0 Å². The largest absolute Gasteiger partial charge is 0.335 e. The SMILES string of the molecule is CCN1C(=CC=Cc2sc3ccc(C=CC#N)cc3[n+]2CC)Sc2ccc(C=CC#N)cc21. The van der Waals surface area contributed by atoms with Crippen molar-refractivity contribution < 1.29 is 4.57 Å². The first-order valence-corrected chi connectivity index (χ1v) is 12.4. The molecule has 0 atom stereocenters. The van der Waals surface area contributed by atoms with E-state index in [-0.39, 0.29) is 0 Å². The van der Waals surface area contributed by atoms with Crippen molar-refractivity contribution in [1.29, 1.82) is 10.5 Å². The zero-order valence-electron chi connectivity index (χ0n) is 18.5. The van der Waals surface area contributed by atoms with Crippen LogP contribution in [0.4, 0.5) is 5.69 Å². The summed E-state index contributed by atoms with van der Waals surface area (Å²) in [5.41, 5.74) is 4.44. The Morgan fingerprint density at radius 3 is 2.39 bits per heavy atom. The molecule has 0 bridgehead atoms. The average molecular weight is 468 g/mol. The number of hydrogen-bond donors (Lipinski definition) is 0. The van der Waals surface area contributed by atoms with Gasteiger partial charge in [0, 0.05) is 35.7 Å². The highest BCUT2D eigenvalue weighted by atomic mass is 32.2. The summed E-state index contributed by atoms with van der Waals surface area (Å²) in [6, 6.07) is 16.7. The summed E-state index contributed by atoms with van der Waals surface area (Å²) in [6.45, 7) is 6.06. The number of nitriles is 2. The molecule has 0 radical (unpaired) electrons. The van der Waals surface area contributed by atoms with Gasteiger partial charge in [0.1, 0.15) is 11.2 Å². The summed E-state index contributed by atoms with van der Waals surface area (Å²) < 4.78 is 3.54. The first-order valence-electron chi connectivity index (χ1n) is 10.7. The molecule has 6 heteroatoms. The lowest BCUT2D eigenvalue weighted by molar-refractivity contribution is -0.665. The van der Waals surface area contributed by atoms with E-state index in [2.05, 4.69) is 77.9 Å². The fourth-order valence-electron chi connectivity index (χ4n) is 3.82. The van der Waals surface area contributed by atoms with Crippen molar-refractivity contribution >= 4 is 57.2 Å². The number of nitrogens with zero attached hydrogens (tertiary/aromatic N) is 4. The average Bonchev–Trinajstić information content (AvgIpc) is 3.37. The van der Waals surface area contributed by atoms with Crippen LogP contribution in [0.15, 0.2) is 70.6 Å². The van der Waals surface area contributed by atoms with Gasteiger partial charge < -0.3 is 4.90 Å². The van der Waals surface area contributed by atoms with Crippen LogP contribution in [0.2, 0.25) is 0 Å². The van der Waals surface area contributed by atoms with Crippen molar-refractivity contribution in [2.24, 2.45) is 0 Å². The Morgan fingerprint density at radius 2 is 1.70 bits per heavy atom. The summed E-state index contributed by atoms with van der Waals surface area (Å²) in [5, 5.41) is 20.0. The van der Waals surface area contributed by atoms with Crippen LogP contribution in [0.25, 0.3) is 28.4 Å². The standard InChI is InChI=1S/C27H23N4S2/c1-3-30-22-18-20(8-6-16-28)12-14-24(22)32-26(30)10-5-11-27-31(4-2)23-19-21(9-7-17-29)13-15-25(23)33-27/h5-15,18-19H,3-4H2,1-2H3/q+1. The molecule has 33 heavy (non-hydrogen) atoms. The second-order valence-electron chi connectivity index (χ2n) is 7.27. The molecular formula is C27H23N4S2+. The molecule has 4 rings (SSSR count). The minimum absolute atomic E-state index is 0.877. The molecule has 0 saturated heterocycles. The molecule has 3 aromatic rings. The van der Waals surface area contributed by atoms with Crippen molar-refractivity contribution in [1.82, 2.24) is 0 Å². The third-order valence-electron chi connectivity index (χ3n) is 5.32. The summed E-state index contributed by atoms with van der Waals surface area (Å²) in [6.07, 6.45) is 13.2. The van der Waals surface area contributed by atoms with Gasteiger partial charge in [-0.05, 0) is 61.4 Å². The molecule has 0 saturated carbocycles. The molecular weight excluding hydrogens is 444 g/mol. The van der Waals surface area contributed by atoms with Crippen LogP contribution in [0.5, 0.6) is 0 Å². The maximum absolute atomic E-state index is 8.80. The maximum Gasteiger partial charge on any atom is 0.262 e. The Kier molecular flexibility index (Phi) is 7.10. The summed E-state index contributed by atoms with van der Waals surface area (Å²) in [7, 11) is 0. The predicted molar refractivity (Wildman–Crippen MR) is 139 cm³/mol. The first-order chi connectivity index (χ1) is 16.2. The van der Waals surface area contributed by atoms with Gasteiger partial charge in [0.25, 0.3) is 5.01 Å². The number of thioether (sulfide) groups is 1. The van der Waals surface area contributed by atoms with Crippen molar-refractivity contribution in [3.8, 4) is 12.1 Å². The van der Waals surface area contributed by atoms with E-state index in [9.17, 15) is 0 Å². The lowest BCUT2D eigenvalue weighted by Gasteiger charge is -2.17. The van der Waals surface area contributed by atoms with E-state index in [0.717, 1.165) is 24.2 Å². The molecule has 1 aliphatic heterocycles. The number of allylic oxidation sites excluding steroid dienone is 4. The molecule has 0 N–H and O–H groups in total. The zero-order valence-corrected chi connectivity index (χ0v) is 20.2. The third-order valence-corrected chi connectivity index (χ3v) is 7.58. The van der Waals surface area contributed by atoms with Crippen molar-refractivity contribution in [3.05, 3.63) is 81.9 Å². The molecule has 0 aliphatic carbocycles. The summed E-state index contributed by atoms with van der Waals surface area (Å²) >= 11 is 3.54. The number of anilines is 1. The van der Waals surface area contributed by atoms with E-state index in [1.807, 2.05) is 24.3 Å². The van der Waals surface area contributed by atoms with Crippen LogP contribution in [0.1, 0.15) is 30.0 Å². The lowest BCUT2D eigenvalue weighted by atomic mass is 10.1. The van der Waals surface area contributed by atoms with E-state index in [0.29, 0.717) is 0 Å². The first kappa shape index (κ1) is 22.6. The molecule has 2 heterocycles. The van der Waals surface area contributed by atoms with Gasteiger partial charge >= 0.3 is 0 Å². The smallest absolute Gasteiger partial charge is 0.262 e. The van der Waals surface area contributed by atoms with E-state index in [1.165, 1.54) is 43.0 Å². The number of thiazole rings is 1. The van der Waals surface area contributed by atoms with Gasteiger partial charge in [0.2, 0.25) is 5.52 Å². The highest BCUT2D eigenvalue weighted by molar-refractivity contribution is 8.03. The minimum Gasteiger partial charge on any atom is -0.335 e. The van der Waals surface area contributed by atoms with Gasteiger partial charge in [-0.1, -0.05) is 41.3 Å². The normalized spacial score (nSPS) is 14.7. The number of aromatic nitrogens is 1. The Bertz CT molecular complexity index is 1390. The quantitative estimate of drug-likeness (QED) is 0.296. The zero-order chi connectivity index (χ0) is 23.2. The molecule has 4 nitrogen and oxygen atoms in total. The molecule has 162 valence electrons.